The second-order valence-corrected chi connectivity index (χ2v) is 6.62. The van der Waals surface area contributed by atoms with E-state index in [0.29, 0.717) is 12.5 Å². The van der Waals surface area contributed by atoms with Gasteiger partial charge in [-0.1, -0.05) is 25.1 Å². The summed E-state index contributed by atoms with van der Waals surface area (Å²) in [6.07, 6.45) is 3.46. The molecule has 1 aliphatic heterocycles. The normalized spacial score (nSPS) is 17.6. The van der Waals surface area contributed by atoms with Crippen molar-refractivity contribution in [2.75, 3.05) is 45.9 Å². The topological polar surface area (TPSA) is 48.9 Å². The van der Waals surface area contributed by atoms with Gasteiger partial charge in [0.15, 0.2) is 5.96 Å². The molecule has 148 valence electrons. The number of nitrogens with zero attached hydrogens (tertiary/aromatic N) is 2. The lowest BCUT2D eigenvalue weighted by Crippen LogP contribution is -2.38. The van der Waals surface area contributed by atoms with E-state index >= 15 is 0 Å². The quantitative estimate of drug-likeness (QED) is 0.236. The molecule has 0 amide bonds. The van der Waals surface area contributed by atoms with Crippen LogP contribution in [0.5, 0.6) is 5.75 Å². The smallest absolute Gasteiger partial charge is 0.191 e. The fourth-order valence-corrected chi connectivity index (χ4v) is 3.13. The van der Waals surface area contributed by atoms with Crippen LogP contribution in [0.3, 0.4) is 0 Å². The molecule has 0 aromatic heterocycles. The van der Waals surface area contributed by atoms with Gasteiger partial charge >= 0.3 is 0 Å². The standard InChI is InChI=1S/C20H34N4O.HI/c1-3-13-24-14-11-18(17-24)16-23-20(21-4-2)22-12-8-15-25-19-9-6-5-7-10-19;/h5-7,9-10,18H,3-4,8,11-17H2,1-2H3,(H2,21,22,23);1H. The second kappa shape index (κ2) is 14.1. The van der Waals surface area contributed by atoms with Gasteiger partial charge in [0.2, 0.25) is 0 Å². The fourth-order valence-electron chi connectivity index (χ4n) is 3.13. The maximum Gasteiger partial charge on any atom is 0.191 e. The highest BCUT2D eigenvalue weighted by Gasteiger charge is 2.21. The van der Waals surface area contributed by atoms with Gasteiger partial charge < -0.3 is 20.3 Å². The van der Waals surface area contributed by atoms with Crippen molar-refractivity contribution in [2.24, 2.45) is 10.9 Å². The van der Waals surface area contributed by atoms with Crippen molar-refractivity contribution in [3.05, 3.63) is 30.3 Å². The molecule has 1 saturated heterocycles. The average Bonchev–Trinajstić information content (AvgIpc) is 3.08. The van der Waals surface area contributed by atoms with E-state index in [2.05, 4.69) is 29.4 Å². The minimum atomic E-state index is 0. The Morgan fingerprint density at radius 1 is 1.23 bits per heavy atom. The molecule has 5 nitrogen and oxygen atoms in total. The molecule has 1 aliphatic rings. The number of likely N-dealkylation sites (tertiary alicyclic amines) is 1. The number of para-hydroxylation sites is 1. The molecule has 0 radical (unpaired) electrons. The van der Waals surface area contributed by atoms with Gasteiger partial charge in [-0.05, 0) is 57.3 Å². The Kier molecular flexibility index (Phi) is 12.5. The van der Waals surface area contributed by atoms with Gasteiger partial charge in [-0.25, -0.2) is 0 Å². The molecule has 1 fully saturated rings. The Morgan fingerprint density at radius 2 is 2.04 bits per heavy atom. The molecular formula is C20H35IN4O. The van der Waals surface area contributed by atoms with Crippen molar-refractivity contribution in [3.63, 3.8) is 0 Å². The van der Waals surface area contributed by atoms with Crippen LogP contribution in [0, 0.1) is 5.92 Å². The lowest BCUT2D eigenvalue weighted by atomic mass is 10.1. The summed E-state index contributed by atoms with van der Waals surface area (Å²) in [7, 11) is 0. The van der Waals surface area contributed by atoms with Crippen LogP contribution < -0.4 is 15.4 Å². The van der Waals surface area contributed by atoms with Crippen molar-refractivity contribution in [3.8, 4) is 5.75 Å². The Bertz CT molecular complexity index is 498. The molecule has 1 unspecified atom stereocenters. The van der Waals surface area contributed by atoms with Crippen LogP contribution in [0.25, 0.3) is 0 Å². The van der Waals surface area contributed by atoms with Gasteiger partial charge in [0, 0.05) is 26.2 Å². The van der Waals surface area contributed by atoms with Gasteiger partial charge in [-0.2, -0.15) is 0 Å². The van der Waals surface area contributed by atoms with Crippen LogP contribution in [0.2, 0.25) is 0 Å². The van der Waals surface area contributed by atoms with Crippen LogP contribution >= 0.6 is 24.0 Å². The minimum Gasteiger partial charge on any atom is -0.494 e. The maximum atomic E-state index is 5.72. The highest BCUT2D eigenvalue weighted by atomic mass is 127. The third-order valence-electron chi connectivity index (χ3n) is 4.39. The molecule has 0 spiro atoms. The van der Waals surface area contributed by atoms with Crippen molar-refractivity contribution < 1.29 is 4.74 Å². The molecule has 2 rings (SSSR count). The van der Waals surface area contributed by atoms with Crippen molar-refractivity contribution >= 4 is 29.9 Å². The number of aliphatic imine (C=N–C) groups is 1. The van der Waals surface area contributed by atoms with Crippen molar-refractivity contribution in [1.29, 1.82) is 0 Å². The van der Waals surface area contributed by atoms with E-state index in [1.165, 1.54) is 32.5 Å². The molecular weight excluding hydrogens is 439 g/mol. The van der Waals surface area contributed by atoms with E-state index in [0.717, 1.165) is 37.8 Å². The maximum absolute atomic E-state index is 5.72. The predicted octanol–water partition coefficient (Wildman–Crippen LogP) is 3.36. The fraction of sp³-hybridized carbons (Fsp3) is 0.650. The van der Waals surface area contributed by atoms with Crippen molar-refractivity contribution in [2.45, 2.75) is 33.1 Å². The Balaban J connectivity index is 0.00000338. The first-order valence-electron chi connectivity index (χ1n) is 9.74. The number of ether oxygens (including phenoxy) is 1. The zero-order valence-electron chi connectivity index (χ0n) is 16.2. The zero-order chi connectivity index (χ0) is 17.7. The summed E-state index contributed by atoms with van der Waals surface area (Å²) in [5.41, 5.74) is 0. The van der Waals surface area contributed by atoms with E-state index < -0.39 is 0 Å². The molecule has 26 heavy (non-hydrogen) atoms. The molecule has 0 saturated carbocycles. The Morgan fingerprint density at radius 3 is 2.77 bits per heavy atom. The number of hydrogen-bond acceptors (Lipinski definition) is 3. The lowest BCUT2D eigenvalue weighted by molar-refractivity contribution is 0.311. The predicted molar refractivity (Wildman–Crippen MR) is 121 cm³/mol. The van der Waals surface area contributed by atoms with Gasteiger partial charge in [-0.15, -0.1) is 24.0 Å². The highest BCUT2D eigenvalue weighted by Crippen LogP contribution is 2.16. The largest absolute Gasteiger partial charge is 0.494 e. The first-order chi connectivity index (χ1) is 12.3. The van der Waals surface area contributed by atoms with E-state index in [1.54, 1.807) is 0 Å². The van der Waals surface area contributed by atoms with E-state index in [4.69, 9.17) is 9.73 Å². The van der Waals surface area contributed by atoms with Gasteiger partial charge in [0.05, 0.1) is 6.61 Å². The van der Waals surface area contributed by atoms with Crippen LogP contribution in [0.15, 0.2) is 35.3 Å². The molecule has 1 heterocycles. The van der Waals surface area contributed by atoms with Gasteiger partial charge in [0.25, 0.3) is 0 Å². The van der Waals surface area contributed by atoms with Gasteiger partial charge in [0.1, 0.15) is 5.75 Å². The second-order valence-electron chi connectivity index (χ2n) is 6.62. The number of benzene rings is 1. The molecule has 1 aromatic rings. The average molecular weight is 474 g/mol. The first-order valence-corrected chi connectivity index (χ1v) is 9.74. The summed E-state index contributed by atoms with van der Waals surface area (Å²) in [5.74, 6) is 2.56. The summed E-state index contributed by atoms with van der Waals surface area (Å²) < 4.78 is 5.72. The molecule has 1 aromatic carbocycles. The van der Waals surface area contributed by atoms with E-state index in [9.17, 15) is 0 Å². The third-order valence-corrected chi connectivity index (χ3v) is 4.39. The molecule has 2 N–H and O–H groups in total. The summed E-state index contributed by atoms with van der Waals surface area (Å²) in [6.45, 7) is 11.4. The molecule has 6 heteroatoms. The van der Waals surface area contributed by atoms with E-state index in [-0.39, 0.29) is 24.0 Å². The summed E-state index contributed by atoms with van der Waals surface area (Å²) in [4.78, 5) is 7.33. The van der Waals surface area contributed by atoms with Crippen molar-refractivity contribution in [1.82, 2.24) is 15.5 Å². The van der Waals surface area contributed by atoms with Crippen LogP contribution in [-0.4, -0.2) is 56.7 Å². The minimum absolute atomic E-state index is 0. The number of nitrogens with one attached hydrogen (secondary N) is 2. The molecule has 1 atom stereocenters. The molecule has 0 aliphatic carbocycles. The number of guanidine groups is 1. The number of hydrogen-bond donors (Lipinski definition) is 2. The highest BCUT2D eigenvalue weighted by molar-refractivity contribution is 14.0. The lowest BCUT2D eigenvalue weighted by Gasteiger charge is -2.15. The first kappa shape index (κ1) is 23.0. The summed E-state index contributed by atoms with van der Waals surface area (Å²) in [6, 6.07) is 9.96. The van der Waals surface area contributed by atoms with Crippen LogP contribution in [0.1, 0.15) is 33.1 Å². The Hall–Kier alpha value is -1.02. The summed E-state index contributed by atoms with van der Waals surface area (Å²) >= 11 is 0. The number of halogens is 1. The van der Waals surface area contributed by atoms with Crippen LogP contribution in [0.4, 0.5) is 0 Å². The zero-order valence-corrected chi connectivity index (χ0v) is 18.6. The SMILES string of the molecule is CCCN1CCC(CN=C(NCC)NCCCOc2ccccc2)C1.I. The Labute approximate surface area is 176 Å². The van der Waals surface area contributed by atoms with Crippen LogP contribution in [-0.2, 0) is 0 Å². The third kappa shape index (κ3) is 9.07. The van der Waals surface area contributed by atoms with Gasteiger partial charge in [-0.3, -0.25) is 4.99 Å². The monoisotopic (exact) mass is 474 g/mol. The summed E-state index contributed by atoms with van der Waals surface area (Å²) in [5, 5.41) is 6.75. The number of rotatable bonds is 10. The molecule has 0 bridgehead atoms. The van der Waals surface area contributed by atoms with E-state index in [1.807, 2.05) is 30.3 Å².